The number of ether oxygens (including phenoxy) is 1. The molecule has 1 amide bonds. The lowest BCUT2D eigenvalue weighted by Crippen LogP contribution is -2.60. The first-order chi connectivity index (χ1) is 7.84. The van der Waals surface area contributed by atoms with E-state index in [4.69, 9.17) is 4.74 Å². The standard InChI is InChI=1S/C10H17NO6/c1-4(2)9(15)11-3-5-6(12)7(13)8(14)10(16)17-5/h5-8,10,12-14,16H,1,3H2,2H3,(H,11,15)/t5-,6-,7+,8-,10?/m1/s1. The zero-order valence-corrected chi connectivity index (χ0v) is 9.41. The molecule has 1 saturated heterocycles. The zero-order valence-electron chi connectivity index (χ0n) is 9.41. The van der Waals surface area contributed by atoms with E-state index in [0.29, 0.717) is 0 Å². The summed E-state index contributed by atoms with van der Waals surface area (Å²) in [5.41, 5.74) is 0.288. The molecule has 0 saturated carbocycles. The van der Waals surface area contributed by atoms with Crippen LogP contribution in [-0.4, -0.2) is 63.6 Å². The minimum absolute atomic E-state index is 0.103. The summed E-state index contributed by atoms with van der Waals surface area (Å²) in [4.78, 5) is 11.2. The molecule has 1 unspecified atom stereocenters. The van der Waals surface area contributed by atoms with Gasteiger partial charge < -0.3 is 30.5 Å². The van der Waals surface area contributed by atoms with Crippen LogP contribution in [0.3, 0.4) is 0 Å². The summed E-state index contributed by atoms with van der Waals surface area (Å²) in [6.07, 6.45) is -7.07. The predicted octanol–water partition coefficient (Wildman–Crippen LogP) is -2.52. The SMILES string of the molecule is C=C(C)C(=O)NC[C@H]1OC(O)[C@H](O)[C@@H](O)[C@@H]1O. The Morgan fingerprint density at radius 2 is 1.82 bits per heavy atom. The van der Waals surface area contributed by atoms with Gasteiger partial charge in [0.1, 0.15) is 24.4 Å². The van der Waals surface area contributed by atoms with Gasteiger partial charge in [0.05, 0.1) is 0 Å². The van der Waals surface area contributed by atoms with E-state index in [1.807, 2.05) is 0 Å². The molecule has 0 radical (unpaired) electrons. The molecule has 0 bridgehead atoms. The molecular formula is C10H17NO6. The Balaban J connectivity index is 2.54. The molecule has 0 aromatic heterocycles. The van der Waals surface area contributed by atoms with Gasteiger partial charge in [0.2, 0.25) is 5.91 Å². The molecule has 98 valence electrons. The number of carbonyl (C=O) groups is 1. The van der Waals surface area contributed by atoms with Crippen LogP contribution in [0.4, 0.5) is 0 Å². The molecule has 7 nitrogen and oxygen atoms in total. The van der Waals surface area contributed by atoms with E-state index in [1.54, 1.807) is 0 Å². The van der Waals surface area contributed by atoms with Crippen molar-refractivity contribution in [3.05, 3.63) is 12.2 Å². The monoisotopic (exact) mass is 247 g/mol. The summed E-state index contributed by atoms with van der Waals surface area (Å²) in [7, 11) is 0. The average Bonchev–Trinajstić information content (AvgIpc) is 2.28. The van der Waals surface area contributed by atoms with Gasteiger partial charge in [-0.15, -0.1) is 0 Å². The number of carbonyl (C=O) groups excluding carboxylic acids is 1. The fourth-order valence-corrected chi connectivity index (χ4v) is 1.44. The van der Waals surface area contributed by atoms with E-state index in [2.05, 4.69) is 11.9 Å². The van der Waals surface area contributed by atoms with E-state index >= 15 is 0 Å². The quantitative estimate of drug-likeness (QED) is 0.351. The van der Waals surface area contributed by atoms with E-state index < -0.39 is 36.6 Å². The minimum atomic E-state index is -1.60. The van der Waals surface area contributed by atoms with Crippen molar-refractivity contribution in [1.82, 2.24) is 5.32 Å². The molecular weight excluding hydrogens is 230 g/mol. The Morgan fingerprint density at radius 3 is 2.35 bits per heavy atom. The van der Waals surface area contributed by atoms with Gasteiger partial charge in [-0.3, -0.25) is 4.79 Å². The highest BCUT2D eigenvalue weighted by molar-refractivity contribution is 5.92. The smallest absolute Gasteiger partial charge is 0.246 e. The fraction of sp³-hybridized carbons (Fsp3) is 0.700. The number of hydrogen-bond donors (Lipinski definition) is 5. The van der Waals surface area contributed by atoms with Crippen LogP contribution in [0.2, 0.25) is 0 Å². The Kier molecular flexibility index (Phi) is 4.61. The van der Waals surface area contributed by atoms with Gasteiger partial charge in [0.25, 0.3) is 0 Å². The summed E-state index contributed by atoms with van der Waals surface area (Å²) in [5.74, 6) is -0.420. The lowest BCUT2D eigenvalue weighted by atomic mass is 9.99. The normalized spacial score (nSPS) is 37.6. The van der Waals surface area contributed by atoms with Crippen LogP contribution in [0.25, 0.3) is 0 Å². The number of rotatable bonds is 3. The highest BCUT2D eigenvalue weighted by Gasteiger charge is 2.42. The Bertz CT molecular complexity index is 307. The van der Waals surface area contributed by atoms with Crippen molar-refractivity contribution in [1.29, 1.82) is 0 Å². The first-order valence-corrected chi connectivity index (χ1v) is 5.16. The van der Waals surface area contributed by atoms with E-state index in [1.165, 1.54) is 6.92 Å². The van der Waals surface area contributed by atoms with Gasteiger partial charge >= 0.3 is 0 Å². The molecule has 17 heavy (non-hydrogen) atoms. The van der Waals surface area contributed by atoms with Gasteiger partial charge in [0, 0.05) is 12.1 Å². The van der Waals surface area contributed by atoms with Crippen LogP contribution in [0.5, 0.6) is 0 Å². The van der Waals surface area contributed by atoms with Crippen molar-refractivity contribution in [3.63, 3.8) is 0 Å². The maximum atomic E-state index is 11.2. The van der Waals surface area contributed by atoms with E-state index in [-0.39, 0.29) is 12.1 Å². The second kappa shape index (κ2) is 5.56. The Labute approximate surface area is 98.3 Å². The van der Waals surface area contributed by atoms with Gasteiger partial charge in [-0.05, 0) is 6.92 Å². The molecule has 0 aliphatic carbocycles. The van der Waals surface area contributed by atoms with Crippen LogP contribution in [0.15, 0.2) is 12.2 Å². The second-order valence-corrected chi connectivity index (χ2v) is 4.03. The summed E-state index contributed by atoms with van der Waals surface area (Å²) in [5, 5.41) is 39.8. The minimum Gasteiger partial charge on any atom is -0.388 e. The van der Waals surface area contributed by atoms with Crippen molar-refractivity contribution in [2.45, 2.75) is 37.6 Å². The first kappa shape index (κ1) is 14.1. The Hall–Kier alpha value is -0.990. The summed E-state index contributed by atoms with van der Waals surface area (Å²) >= 11 is 0. The lowest BCUT2D eigenvalue weighted by molar-refractivity contribution is -0.280. The Morgan fingerprint density at radius 1 is 1.24 bits per heavy atom. The predicted molar refractivity (Wildman–Crippen MR) is 56.7 cm³/mol. The lowest BCUT2D eigenvalue weighted by Gasteiger charge is -2.38. The van der Waals surface area contributed by atoms with Crippen molar-refractivity contribution >= 4 is 5.91 Å². The van der Waals surface area contributed by atoms with Gasteiger partial charge in [-0.25, -0.2) is 0 Å². The third-order valence-electron chi connectivity index (χ3n) is 2.54. The molecule has 1 aliphatic heterocycles. The van der Waals surface area contributed by atoms with Crippen molar-refractivity contribution in [3.8, 4) is 0 Å². The van der Waals surface area contributed by atoms with Gasteiger partial charge in [-0.2, -0.15) is 0 Å². The van der Waals surface area contributed by atoms with Crippen molar-refractivity contribution in [2.75, 3.05) is 6.54 Å². The molecule has 5 atom stereocenters. The van der Waals surface area contributed by atoms with Crippen LogP contribution in [0, 0.1) is 0 Å². The van der Waals surface area contributed by atoms with E-state index in [9.17, 15) is 25.2 Å². The molecule has 5 N–H and O–H groups in total. The number of aliphatic hydroxyl groups excluding tert-OH is 4. The van der Waals surface area contributed by atoms with Crippen molar-refractivity contribution in [2.24, 2.45) is 0 Å². The number of nitrogens with one attached hydrogen (secondary N) is 1. The summed E-state index contributed by atoms with van der Waals surface area (Å²) in [6, 6.07) is 0. The number of amides is 1. The molecule has 1 fully saturated rings. The fourth-order valence-electron chi connectivity index (χ4n) is 1.44. The van der Waals surface area contributed by atoms with Crippen molar-refractivity contribution < 1.29 is 30.0 Å². The molecule has 0 aromatic rings. The first-order valence-electron chi connectivity index (χ1n) is 5.16. The highest BCUT2D eigenvalue weighted by atomic mass is 16.6. The van der Waals surface area contributed by atoms with Gasteiger partial charge in [0.15, 0.2) is 6.29 Å². The largest absolute Gasteiger partial charge is 0.388 e. The topological polar surface area (TPSA) is 119 Å². The van der Waals surface area contributed by atoms with Crippen LogP contribution < -0.4 is 5.32 Å². The molecule has 1 aliphatic rings. The maximum Gasteiger partial charge on any atom is 0.246 e. The maximum absolute atomic E-state index is 11.2. The van der Waals surface area contributed by atoms with Gasteiger partial charge in [-0.1, -0.05) is 6.58 Å². The van der Waals surface area contributed by atoms with Crippen LogP contribution in [-0.2, 0) is 9.53 Å². The molecule has 7 heteroatoms. The van der Waals surface area contributed by atoms with E-state index in [0.717, 1.165) is 0 Å². The zero-order chi connectivity index (χ0) is 13.2. The summed E-state index contributed by atoms with van der Waals surface area (Å²) < 4.78 is 4.86. The molecule has 0 spiro atoms. The molecule has 1 rings (SSSR count). The number of hydrogen-bond acceptors (Lipinski definition) is 6. The van der Waals surface area contributed by atoms with Crippen LogP contribution in [0.1, 0.15) is 6.92 Å². The average molecular weight is 247 g/mol. The third kappa shape index (κ3) is 3.24. The second-order valence-electron chi connectivity index (χ2n) is 4.03. The third-order valence-corrected chi connectivity index (χ3v) is 2.54. The van der Waals surface area contributed by atoms with Crippen LogP contribution >= 0.6 is 0 Å². The molecule has 0 aromatic carbocycles. The summed E-state index contributed by atoms with van der Waals surface area (Å²) in [6.45, 7) is 4.84. The number of aliphatic hydroxyl groups is 4. The molecule has 1 heterocycles. The highest BCUT2D eigenvalue weighted by Crippen LogP contribution is 2.19.